The van der Waals surface area contributed by atoms with Crippen molar-refractivity contribution in [1.29, 1.82) is 0 Å². The minimum atomic E-state index is -4.74. The van der Waals surface area contributed by atoms with E-state index < -0.39 is 6.36 Å². The second kappa shape index (κ2) is 12.3. The first-order valence-electron chi connectivity index (χ1n) is 9.76. The summed E-state index contributed by atoms with van der Waals surface area (Å²) < 4.78 is 43.9. The maximum Gasteiger partial charge on any atom is 0.573 e. The number of halogens is 4. The lowest BCUT2D eigenvalue weighted by atomic mass is 10.2. The molecule has 0 unspecified atom stereocenters. The van der Waals surface area contributed by atoms with E-state index >= 15 is 0 Å². The number of ether oxygens (including phenoxy) is 1. The number of guanidine groups is 1. The molecular weight excluding hydrogens is 534 g/mol. The van der Waals surface area contributed by atoms with Gasteiger partial charge >= 0.3 is 6.36 Å². The number of nitrogens with zero attached hydrogens (tertiary/aromatic N) is 3. The third-order valence-corrected chi connectivity index (χ3v) is 4.51. The molecule has 1 aromatic heterocycles. The van der Waals surface area contributed by atoms with Crippen molar-refractivity contribution in [3.05, 3.63) is 83.9 Å². The molecule has 0 atom stereocenters. The Morgan fingerprint density at radius 2 is 1.78 bits per heavy atom. The van der Waals surface area contributed by atoms with Gasteiger partial charge in [-0.05, 0) is 11.6 Å². The average Bonchev–Trinajstić information content (AvgIpc) is 3.18. The Labute approximate surface area is 201 Å². The van der Waals surface area contributed by atoms with Crippen molar-refractivity contribution >= 4 is 29.9 Å². The Hall–Kier alpha value is -2.76. The van der Waals surface area contributed by atoms with Gasteiger partial charge in [-0.15, -0.1) is 37.1 Å². The molecule has 0 amide bonds. The van der Waals surface area contributed by atoms with Crippen LogP contribution in [-0.2, 0) is 19.5 Å². The first-order valence-corrected chi connectivity index (χ1v) is 9.76. The Bertz CT molecular complexity index is 992. The van der Waals surface area contributed by atoms with Gasteiger partial charge in [-0.1, -0.05) is 48.5 Å². The monoisotopic (exact) mass is 559 g/mol. The fraction of sp³-hybridized carbons (Fsp3) is 0.273. The predicted octanol–water partition coefficient (Wildman–Crippen LogP) is 4.36. The molecule has 3 rings (SSSR count). The standard InChI is InChI=1S/C22H24F3N5O.HI/c1-26-21(29-15-18-9-5-6-10-19(18)31-22(23,24)25)28-12-11-20-27-13-14-30(20)16-17-7-3-2-4-8-17;/h2-10,13-14H,11-12,15-16H2,1H3,(H2,26,28,29);1H. The largest absolute Gasteiger partial charge is 0.573 e. The lowest BCUT2D eigenvalue weighted by Gasteiger charge is -2.15. The number of imidazole rings is 1. The van der Waals surface area contributed by atoms with Gasteiger partial charge in [0.2, 0.25) is 0 Å². The van der Waals surface area contributed by atoms with Crippen molar-refractivity contribution in [3.63, 3.8) is 0 Å². The van der Waals surface area contributed by atoms with Crippen LogP contribution in [0.3, 0.4) is 0 Å². The Kier molecular flexibility index (Phi) is 9.82. The quantitative estimate of drug-likeness (QED) is 0.245. The van der Waals surface area contributed by atoms with E-state index in [0.717, 1.165) is 12.4 Å². The van der Waals surface area contributed by atoms with Crippen molar-refractivity contribution in [2.45, 2.75) is 25.9 Å². The van der Waals surface area contributed by atoms with Crippen molar-refractivity contribution < 1.29 is 17.9 Å². The molecule has 172 valence electrons. The fourth-order valence-electron chi connectivity index (χ4n) is 3.06. The highest BCUT2D eigenvalue weighted by Gasteiger charge is 2.31. The summed E-state index contributed by atoms with van der Waals surface area (Å²) in [6.45, 7) is 1.43. The van der Waals surface area contributed by atoms with E-state index in [1.807, 2.05) is 24.4 Å². The molecule has 6 nitrogen and oxygen atoms in total. The zero-order chi connectivity index (χ0) is 22.1. The third-order valence-electron chi connectivity index (χ3n) is 4.51. The first-order chi connectivity index (χ1) is 14.9. The van der Waals surface area contributed by atoms with Gasteiger partial charge in [0.15, 0.2) is 5.96 Å². The summed E-state index contributed by atoms with van der Waals surface area (Å²) in [6.07, 6.45) is -0.373. The van der Waals surface area contributed by atoms with Gasteiger partial charge in [0.05, 0.1) is 0 Å². The minimum absolute atomic E-state index is 0. The summed E-state index contributed by atoms with van der Waals surface area (Å²) in [5, 5.41) is 6.17. The summed E-state index contributed by atoms with van der Waals surface area (Å²) in [6, 6.07) is 16.1. The van der Waals surface area contributed by atoms with E-state index in [0.29, 0.717) is 24.5 Å². The summed E-state index contributed by atoms with van der Waals surface area (Å²) >= 11 is 0. The number of aromatic nitrogens is 2. The molecule has 32 heavy (non-hydrogen) atoms. The molecule has 0 radical (unpaired) electrons. The summed E-state index contributed by atoms with van der Waals surface area (Å²) in [5.74, 6) is 1.17. The van der Waals surface area contributed by atoms with E-state index in [9.17, 15) is 13.2 Å². The molecule has 0 bridgehead atoms. The highest BCUT2D eigenvalue weighted by atomic mass is 127. The molecule has 0 fully saturated rings. The second-order valence-electron chi connectivity index (χ2n) is 6.72. The molecule has 0 saturated carbocycles. The normalized spacial score (nSPS) is 11.6. The van der Waals surface area contributed by atoms with Crippen LogP contribution in [0.5, 0.6) is 5.75 Å². The number of alkyl halides is 3. The van der Waals surface area contributed by atoms with Crippen LogP contribution < -0.4 is 15.4 Å². The van der Waals surface area contributed by atoms with Crippen LogP contribution in [0.15, 0.2) is 72.0 Å². The van der Waals surface area contributed by atoms with Crippen LogP contribution in [0.25, 0.3) is 0 Å². The molecule has 0 aliphatic heterocycles. The number of aliphatic imine (C=N–C) groups is 1. The molecule has 10 heteroatoms. The van der Waals surface area contributed by atoms with E-state index in [1.54, 1.807) is 25.4 Å². The van der Waals surface area contributed by atoms with Gasteiger partial charge in [0, 0.05) is 51.1 Å². The van der Waals surface area contributed by atoms with Crippen molar-refractivity contribution in [3.8, 4) is 5.75 Å². The number of hydrogen-bond acceptors (Lipinski definition) is 3. The lowest BCUT2D eigenvalue weighted by molar-refractivity contribution is -0.274. The van der Waals surface area contributed by atoms with E-state index in [2.05, 4.69) is 42.0 Å². The molecule has 2 N–H and O–H groups in total. The van der Waals surface area contributed by atoms with Gasteiger partial charge in [0.25, 0.3) is 0 Å². The SMILES string of the molecule is CN=C(NCCc1nccn1Cc1ccccc1)NCc1ccccc1OC(F)(F)F.I. The van der Waals surface area contributed by atoms with Crippen molar-refractivity contribution in [2.75, 3.05) is 13.6 Å². The van der Waals surface area contributed by atoms with Crippen molar-refractivity contribution in [1.82, 2.24) is 20.2 Å². The van der Waals surface area contributed by atoms with Gasteiger partial charge in [-0.25, -0.2) is 4.98 Å². The summed E-state index contributed by atoms with van der Waals surface area (Å²) in [7, 11) is 1.60. The maximum absolute atomic E-state index is 12.6. The zero-order valence-corrected chi connectivity index (χ0v) is 19.8. The molecule has 0 spiro atoms. The molecule has 0 aliphatic carbocycles. The third kappa shape index (κ3) is 8.06. The van der Waals surface area contributed by atoms with Crippen LogP contribution in [-0.4, -0.2) is 35.5 Å². The summed E-state index contributed by atoms with van der Waals surface area (Å²) in [4.78, 5) is 8.53. The number of para-hydroxylation sites is 1. The average molecular weight is 559 g/mol. The van der Waals surface area contributed by atoms with Crippen LogP contribution in [0.4, 0.5) is 13.2 Å². The number of benzene rings is 2. The number of rotatable bonds is 8. The molecule has 0 saturated heterocycles. The second-order valence-corrected chi connectivity index (χ2v) is 6.72. The Morgan fingerprint density at radius 3 is 2.50 bits per heavy atom. The van der Waals surface area contributed by atoms with Crippen LogP contribution >= 0.6 is 24.0 Å². The van der Waals surface area contributed by atoms with E-state index in [4.69, 9.17) is 0 Å². The van der Waals surface area contributed by atoms with Crippen LogP contribution in [0.1, 0.15) is 17.0 Å². The molecule has 0 aliphatic rings. The Morgan fingerprint density at radius 1 is 1.06 bits per heavy atom. The Balaban J connectivity index is 0.00000363. The molecular formula is C22H25F3IN5O. The predicted molar refractivity (Wildman–Crippen MR) is 128 cm³/mol. The zero-order valence-electron chi connectivity index (χ0n) is 17.5. The van der Waals surface area contributed by atoms with E-state index in [-0.39, 0.29) is 36.3 Å². The number of hydrogen-bond donors (Lipinski definition) is 2. The smallest absolute Gasteiger partial charge is 0.405 e. The first kappa shape index (κ1) is 25.5. The number of nitrogens with one attached hydrogen (secondary N) is 2. The van der Waals surface area contributed by atoms with Crippen LogP contribution in [0, 0.1) is 0 Å². The maximum atomic E-state index is 12.6. The molecule has 2 aromatic carbocycles. The van der Waals surface area contributed by atoms with Gasteiger partial charge < -0.3 is 19.9 Å². The van der Waals surface area contributed by atoms with Gasteiger partial charge in [-0.2, -0.15) is 0 Å². The fourth-order valence-corrected chi connectivity index (χ4v) is 3.06. The highest BCUT2D eigenvalue weighted by molar-refractivity contribution is 14.0. The van der Waals surface area contributed by atoms with Gasteiger partial charge in [0.1, 0.15) is 11.6 Å². The van der Waals surface area contributed by atoms with Crippen molar-refractivity contribution in [2.24, 2.45) is 4.99 Å². The van der Waals surface area contributed by atoms with Gasteiger partial charge in [-0.3, -0.25) is 4.99 Å². The van der Waals surface area contributed by atoms with E-state index in [1.165, 1.54) is 17.7 Å². The molecule has 1 heterocycles. The highest BCUT2D eigenvalue weighted by Crippen LogP contribution is 2.26. The summed E-state index contributed by atoms with van der Waals surface area (Å²) in [5.41, 5.74) is 1.56. The van der Waals surface area contributed by atoms with Crippen LogP contribution in [0.2, 0.25) is 0 Å². The topological polar surface area (TPSA) is 63.5 Å². The lowest BCUT2D eigenvalue weighted by Crippen LogP contribution is -2.38. The molecule has 3 aromatic rings. The minimum Gasteiger partial charge on any atom is -0.405 e.